The first-order valence-electron chi connectivity index (χ1n) is 8.09. The molecule has 1 aromatic rings. The van der Waals surface area contributed by atoms with Gasteiger partial charge in [-0.25, -0.2) is 0 Å². The molecule has 0 aromatic heterocycles. The number of halogens is 3. The van der Waals surface area contributed by atoms with Gasteiger partial charge in [-0.15, -0.1) is 12.4 Å². The lowest BCUT2D eigenvalue weighted by Crippen LogP contribution is -2.42. The highest BCUT2D eigenvalue weighted by Gasteiger charge is 2.24. The molecule has 0 bridgehead atoms. The molecule has 1 heterocycles. The van der Waals surface area contributed by atoms with Crippen LogP contribution in [0, 0.1) is 5.92 Å². The molecule has 7 heteroatoms. The monoisotopic (exact) mass is 394 g/mol. The third kappa shape index (κ3) is 5.99. The molecule has 4 nitrogen and oxygen atoms in total. The van der Waals surface area contributed by atoms with Crippen molar-refractivity contribution in [3.8, 4) is 5.75 Å². The Morgan fingerprint density at radius 3 is 2.67 bits per heavy atom. The van der Waals surface area contributed by atoms with Crippen molar-refractivity contribution in [3.63, 3.8) is 0 Å². The fourth-order valence-electron chi connectivity index (χ4n) is 2.83. The normalized spacial score (nSPS) is 16.4. The predicted molar refractivity (Wildman–Crippen MR) is 101 cm³/mol. The zero-order valence-electron chi connectivity index (χ0n) is 13.8. The summed E-state index contributed by atoms with van der Waals surface area (Å²) in [5.41, 5.74) is 5.92. The van der Waals surface area contributed by atoms with Crippen molar-refractivity contribution in [1.82, 2.24) is 4.90 Å². The van der Waals surface area contributed by atoms with Gasteiger partial charge in [0.1, 0.15) is 10.8 Å². The van der Waals surface area contributed by atoms with E-state index in [-0.39, 0.29) is 24.4 Å². The largest absolute Gasteiger partial charge is 0.492 e. The maximum atomic E-state index is 12.2. The van der Waals surface area contributed by atoms with Crippen molar-refractivity contribution in [2.75, 3.05) is 19.7 Å². The van der Waals surface area contributed by atoms with Gasteiger partial charge in [-0.3, -0.25) is 4.79 Å². The quantitative estimate of drug-likeness (QED) is 0.736. The Kier molecular flexibility index (Phi) is 9.21. The Labute approximate surface area is 160 Å². The van der Waals surface area contributed by atoms with E-state index in [1.165, 1.54) is 0 Å². The Morgan fingerprint density at radius 1 is 1.38 bits per heavy atom. The summed E-state index contributed by atoms with van der Waals surface area (Å²) in [6.45, 7) is 4.11. The fraction of sp³-hybridized carbons (Fsp3) is 0.588. The van der Waals surface area contributed by atoms with Gasteiger partial charge in [-0.2, -0.15) is 0 Å². The van der Waals surface area contributed by atoms with Gasteiger partial charge < -0.3 is 15.4 Å². The van der Waals surface area contributed by atoms with Crippen LogP contribution < -0.4 is 10.5 Å². The molecule has 1 aromatic carbocycles. The molecule has 1 aliphatic rings. The van der Waals surface area contributed by atoms with Gasteiger partial charge in [0.25, 0.3) is 0 Å². The molecule has 1 atom stereocenters. The summed E-state index contributed by atoms with van der Waals surface area (Å²) < 4.78 is 5.60. The second kappa shape index (κ2) is 10.3. The van der Waals surface area contributed by atoms with Crippen molar-refractivity contribution in [3.05, 3.63) is 28.2 Å². The number of rotatable bonds is 6. The van der Waals surface area contributed by atoms with Crippen LogP contribution in [0.3, 0.4) is 0 Å². The lowest BCUT2D eigenvalue weighted by Gasteiger charge is -2.33. The van der Waals surface area contributed by atoms with Crippen LogP contribution in [0.2, 0.25) is 10.0 Å². The standard InChI is InChI=1S/C17H24Cl2N2O2.ClH/c1-12(20)13-7-9-21(10-8-13)16(22)6-3-11-23-15-5-2-4-14(18)17(15)19;/h2,4-5,12-13H,3,6-11,20H2,1H3;1H. The maximum Gasteiger partial charge on any atom is 0.222 e. The number of carbonyl (C=O) groups excluding carboxylic acids is 1. The van der Waals surface area contributed by atoms with E-state index in [2.05, 4.69) is 0 Å². The molecular formula is C17H25Cl3N2O2. The van der Waals surface area contributed by atoms with Crippen LogP contribution in [-0.4, -0.2) is 36.5 Å². The lowest BCUT2D eigenvalue weighted by molar-refractivity contribution is -0.132. The highest BCUT2D eigenvalue weighted by molar-refractivity contribution is 6.42. The van der Waals surface area contributed by atoms with Crippen molar-refractivity contribution in [2.45, 2.75) is 38.6 Å². The number of hydrogen-bond acceptors (Lipinski definition) is 3. The van der Waals surface area contributed by atoms with Gasteiger partial charge in [0.2, 0.25) is 5.91 Å². The molecule has 0 aliphatic carbocycles. The molecule has 0 saturated carbocycles. The van der Waals surface area contributed by atoms with Gasteiger partial charge in [0.15, 0.2) is 0 Å². The van der Waals surface area contributed by atoms with Crippen LogP contribution in [0.1, 0.15) is 32.6 Å². The smallest absolute Gasteiger partial charge is 0.222 e. The second-order valence-corrected chi connectivity index (χ2v) is 6.87. The Bertz CT molecular complexity index is 533. The molecule has 24 heavy (non-hydrogen) atoms. The maximum absolute atomic E-state index is 12.2. The van der Waals surface area contributed by atoms with E-state index in [0.29, 0.717) is 41.2 Å². The number of nitrogens with two attached hydrogens (primary N) is 1. The summed E-state index contributed by atoms with van der Waals surface area (Å²) in [7, 11) is 0. The number of benzene rings is 1. The van der Waals surface area contributed by atoms with Gasteiger partial charge >= 0.3 is 0 Å². The summed E-state index contributed by atoms with van der Waals surface area (Å²) in [6.07, 6.45) is 3.14. The van der Waals surface area contributed by atoms with Crippen LogP contribution in [0.15, 0.2) is 18.2 Å². The number of piperidine rings is 1. The lowest BCUT2D eigenvalue weighted by atomic mass is 9.91. The van der Waals surface area contributed by atoms with Crippen LogP contribution in [-0.2, 0) is 4.79 Å². The summed E-state index contributed by atoms with van der Waals surface area (Å²) >= 11 is 12.0. The molecule has 0 radical (unpaired) electrons. The van der Waals surface area contributed by atoms with Crippen molar-refractivity contribution < 1.29 is 9.53 Å². The topological polar surface area (TPSA) is 55.6 Å². The zero-order chi connectivity index (χ0) is 16.8. The first-order valence-corrected chi connectivity index (χ1v) is 8.84. The summed E-state index contributed by atoms with van der Waals surface area (Å²) in [4.78, 5) is 14.1. The molecule has 1 fully saturated rings. The first kappa shape index (κ1) is 21.4. The van der Waals surface area contributed by atoms with Crippen LogP contribution in [0.25, 0.3) is 0 Å². The average Bonchev–Trinajstić information content (AvgIpc) is 2.55. The SMILES string of the molecule is CC(N)C1CCN(C(=O)CCCOc2cccc(Cl)c2Cl)CC1.Cl. The van der Waals surface area contributed by atoms with E-state index in [1.807, 2.05) is 11.8 Å². The Balaban J connectivity index is 0.00000288. The van der Waals surface area contributed by atoms with Crippen LogP contribution in [0.4, 0.5) is 0 Å². The molecule has 1 unspecified atom stereocenters. The van der Waals surface area contributed by atoms with E-state index in [1.54, 1.807) is 18.2 Å². The van der Waals surface area contributed by atoms with E-state index < -0.39 is 0 Å². The van der Waals surface area contributed by atoms with Gasteiger partial charge in [0, 0.05) is 25.6 Å². The third-order valence-corrected chi connectivity index (χ3v) is 5.15. The molecule has 1 saturated heterocycles. The minimum Gasteiger partial charge on any atom is -0.492 e. The third-order valence-electron chi connectivity index (χ3n) is 4.34. The molecule has 1 amide bonds. The fourth-order valence-corrected chi connectivity index (χ4v) is 3.18. The molecule has 1 aliphatic heterocycles. The average molecular weight is 396 g/mol. The van der Waals surface area contributed by atoms with Crippen LogP contribution in [0.5, 0.6) is 5.75 Å². The molecule has 2 rings (SSSR count). The number of nitrogens with zero attached hydrogens (tertiary/aromatic N) is 1. The molecule has 0 spiro atoms. The minimum atomic E-state index is 0. The molecule has 2 N–H and O–H groups in total. The highest BCUT2D eigenvalue weighted by Crippen LogP contribution is 2.31. The number of amides is 1. The molecular weight excluding hydrogens is 371 g/mol. The predicted octanol–water partition coefficient (Wildman–Crippen LogP) is 4.16. The number of carbonyl (C=O) groups is 1. The van der Waals surface area contributed by atoms with Gasteiger partial charge in [-0.05, 0) is 44.2 Å². The molecule has 136 valence electrons. The second-order valence-electron chi connectivity index (χ2n) is 6.08. The van der Waals surface area contributed by atoms with E-state index in [0.717, 1.165) is 25.9 Å². The van der Waals surface area contributed by atoms with Crippen molar-refractivity contribution in [2.24, 2.45) is 11.7 Å². The summed E-state index contributed by atoms with van der Waals surface area (Å²) in [5, 5.41) is 0.885. The summed E-state index contributed by atoms with van der Waals surface area (Å²) in [6, 6.07) is 5.49. The zero-order valence-corrected chi connectivity index (χ0v) is 16.2. The number of likely N-dealkylation sites (tertiary alicyclic amines) is 1. The number of hydrogen-bond donors (Lipinski definition) is 1. The number of ether oxygens (including phenoxy) is 1. The summed E-state index contributed by atoms with van der Waals surface area (Å²) in [5.74, 6) is 1.28. The minimum absolute atomic E-state index is 0. The van der Waals surface area contributed by atoms with Gasteiger partial charge in [-0.1, -0.05) is 29.3 Å². The van der Waals surface area contributed by atoms with E-state index in [9.17, 15) is 4.79 Å². The Hall–Kier alpha value is -0.680. The van der Waals surface area contributed by atoms with E-state index in [4.69, 9.17) is 33.7 Å². The van der Waals surface area contributed by atoms with E-state index >= 15 is 0 Å². The highest BCUT2D eigenvalue weighted by atomic mass is 35.5. The van der Waals surface area contributed by atoms with Crippen molar-refractivity contribution >= 4 is 41.5 Å². The van der Waals surface area contributed by atoms with Crippen LogP contribution >= 0.6 is 35.6 Å². The van der Waals surface area contributed by atoms with Crippen molar-refractivity contribution in [1.29, 1.82) is 0 Å². The van der Waals surface area contributed by atoms with Gasteiger partial charge in [0.05, 0.1) is 11.6 Å². The Morgan fingerprint density at radius 2 is 2.04 bits per heavy atom. The first-order chi connectivity index (χ1) is 11.0.